The summed E-state index contributed by atoms with van der Waals surface area (Å²) in [7, 11) is 1.85. The second-order valence-electron chi connectivity index (χ2n) is 7.20. The fraction of sp³-hybridized carbons (Fsp3) is 0.333. The lowest BCUT2D eigenvalue weighted by Crippen LogP contribution is -2.28. The molecule has 0 unspecified atom stereocenters. The van der Waals surface area contributed by atoms with E-state index in [1.165, 1.54) is 0 Å². The first-order chi connectivity index (χ1) is 12.3. The van der Waals surface area contributed by atoms with E-state index in [9.17, 15) is 4.79 Å². The van der Waals surface area contributed by atoms with Crippen molar-refractivity contribution in [2.75, 3.05) is 7.05 Å². The Morgan fingerprint density at radius 2 is 1.88 bits per heavy atom. The highest BCUT2D eigenvalue weighted by Gasteiger charge is 2.19. The van der Waals surface area contributed by atoms with Crippen LogP contribution in [0.5, 0.6) is 0 Å². The topological polar surface area (TPSA) is 37.6 Å². The van der Waals surface area contributed by atoms with Crippen molar-refractivity contribution in [1.29, 1.82) is 0 Å². The van der Waals surface area contributed by atoms with Gasteiger partial charge >= 0.3 is 0 Å². The molecule has 26 heavy (non-hydrogen) atoms. The van der Waals surface area contributed by atoms with Gasteiger partial charge in [0.05, 0.1) is 17.9 Å². The molecule has 0 aliphatic rings. The predicted molar refractivity (Wildman–Crippen MR) is 106 cm³/mol. The number of hydrogen-bond donors (Lipinski definition) is 0. The van der Waals surface area contributed by atoms with E-state index in [0.29, 0.717) is 23.9 Å². The summed E-state index contributed by atoms with van der Waals surface area (Å²) in [5.74, 6) is 0.481. The Kier molecular flexibility index (Phi) is 5.33. The van der Waals surface area contributed by atoms with Crippen LogP contribution in [0.3, 0.4) is 0 Å². The van der Waals surface area contributed by atoms with E-state index in [1.807, 2.05) is 43.4 Å². The molecule has 0 radical (unpaired) electrons. The molecule has 136 valence electrons. The fourth-order valence-electron chi connectivity index (χ4n) is 3.01. The number of aromatic nitrogens is 2. The highest BCUT2D eigenvalue weighted by molar-refractivity contribution is 6.30. The van der Waals surface area contributed by atoms with E-state index < -0.39 is 0 Å². The summed E-state index contributed by atoms with van der Waals surface area (Å²) in [6.07, 6.45) is 2.61. The SMILES string of the molecule is Cc1ccc2nc(-c3ccc(Cl)cc3)c(CN(C)C(=O)CC(C)C)n2c1. The monoisotopic (exact) mass is 369 g/mol. The van der Waals surface area contributed by atoms with Crippen molar-refractivity contribution in [2.45, 2.75) is 33.7 Å². The second-order valence-corrected chi connectivity index (χ2v) is 7.63. The van der Waals surface area contributed by atoms with Crippen molar-refractivity contribution in [3.63, 3.8) is 0 Å². The van der Waals surface area contributed by atoms with Gasteiger partial charge in [0.1, 0.15) is 5.65 Å². The maximum Gasteiger partial charge on any atom is 0.222 e. The average molecular weight is 370 g/mol. The van der Waals surface area contributed by atoms with Gasteiger partial charge in [0.2, 0.25) is 5.91 Å². The van der Waals surface area contributed by atoms with E-state index in [-0.39, 0.29) is 5.91 Å². The van der Waals surface area contributed by atoms with Crippen LogP contribution in [0.1, 0.15) is 31.5 Å². The van der Waals surface area contributed by atoms with Crippen LogP contribution in [-0.2, 0) is 11.3 Å². The molecule has 0 saturated carbocycles. The molecule has 0 spiro atoms. The van der Waals surface area contributed by atoms with E-state index in [1.54, 1.807) is 4.90 Å². The molecular formula is C21H24ClN3O. The Morgan fingerprint density at radius 3 is 2.54 bits per heavy atom. The Hall–Kier alpha value is -2.33. The number of hydrogen-bond acceptors (Lipinski definition) is 2. The van der Waals surface area contributed by atoms with Crippen LogP contribution in [0.2, 0.25) is 5.02 Å². The molecule has 0 saturated heterocycles. The van der Waals surface area contributed by atoms with Crippen LogP contribution in [0.25, 0.3) is 16.9 Å². The van der Waals surface area contributed by atoms with Gasteiger partial charge in [-0.25, -0.2) is 4.98 Å². The minimum Gasteiger partial charge on any atom is -0.340 e. The molecule has 1 amide bonds. The van der Waals surface area contributed by atoms with Crippen LogP contribution in [0.15, 0.2) is 42.6 Å². The summed E-state index contributed by atoms with van der Waals surface area (Å²) in [5, 5.41) is 0.694. The van der Waals surface area contributed by atoms with Gasteiger partial charge in [-0.15, -0.1) is 0 Å². The molecule has 0 bridgehead atoms. The van der Waals surface area contributed by atoms with Gasteiger partial charge in [0.15, 0.2) is 0 Å². The van der Waals surface area contributed by atoms with Crippen molar-refractivity contribution in [1.82, 2.24) is 14.3 Å². The van der Waals surface area contributed by atoms with Crippen LogP contribution >= 0.6 is 11.6 Å². The third kappa shape index (κ3) is 3.91. The number of rotatable bonds is 5. The first-order valence-corrected chi connectivity index (χ1v) is 9.20. The number of nitrogens with zero attached hydrogens (tertiary/aromatic N) is 3. The third-order valence-electron chi connectivity index (χ3n) is 4.38. The molecular weight excluding hydrogens is 346 g/mol. The van der Waals surface area contributed by atoms with Gasteiger partial charge in [-0.1, -0.05) is 43.6 Å². The summed E-state index contributed by atoms with van der Waals surface area (Å²) in [5.41, 5.74) is 4.91. The van der Waals surface area contributed by atoms with Gasteiger partial charge in [-0.05, 0) is 36.6 Å². The lowest BCUT2D eigenvalue weighted by Gasteiger charge is -2.19. The quantitative estimate of drug-likeness (QED) is 0.636. The van der Waals surface area contributed by atoms with Crippen molar-refractivity contribution in [2.24, 2.45) is 5.92 Å². The molecule has 0 aliphatic heterocycles. The van der Waals surface area contributed by atoms with Gasteiger partial charge in [-0.2, -0.15) is 0 Å². The Morgan fingerprint density at radius 1 is 1.19 bits per heavy atom. The molecule has 0 fully saturated rings. The number of fused-ring (bicyclic) bond motifs is 1. The zero-order chi connectivity index (χ0) is 18.8. The highest BCUT2D eigenvalue weighted by Crippen LogP contribution is 2.27. The molecule has 3 aromatic rings. The predicted octanol–water partition coefficient (Wildman–Crippen LogP) is 4.97. The number of halogens is 1. The second kappa shape index (κ2) is 7.50. The summed E-state index contributed by atoms with van der Waals surface area (Å²) >= 11 is 6.03. The number of imidazole rings is 1. The summed E-state index contributed by atoms with van der Waals surface area (Å²) < 4.78 is 2.08. The minimum atomic E-state index is 0.143. The molecule has 2 heterocycles. The Labute approximate surface area is 159 Å². The smallest absolute Gasteiger partial charge is 0.222 e. The van der Waals surface area contributed by atoms with Crippen molar-refractivity contribution < 1.29 is 4.79 Å². The van der Waals surface area contributed by atoms with Crippen molar-refractivity contribution >= 4 is 23.2 Å². The first kappa shape index (κ1) is 18.5. The van der Waals surface area contributed by atoms with Gasteiger partial charge < -0.3 is 9.30 Å². The zero-order valence-corrected chi connectivity index (χ0v) is 16.4. The summed E-state index contributed by atoms with van der Waals surface area (Å²) in [4.78, 5) is 19.0. The lowest BCUT2D eigenvalue weighted by molar-refractivity contribution is -0.131. The van der Waals surface area contributed by atoms with Crippen molar-refractivity contribution in [3.8, 4) is 11.3 Å². The highest BCUT2D eigenvalue weighted by atomic mass is 35.5. The largest absolute Gasteiger partial charge is 0.340 e. The number of carbonyl (C=O) groups excluding carboxylic acids is 1. The fourth-order valence-corrected chi connectivity index (χ4v) is 3.13. The molecule has 0 aliphatic carbocycles. The number of aryl methyl sites for hydroxylation is 1. The molecule has 0 N–H and O–H groups in total. The first-order valence-electron chi connectivity index (χ1n) is 8.82. The Bertz CT molecular complexity index is 928. The summed E-state index contributed by atoms with van der Waals surface area (Å²) in [6.45, 7) is 6.68. The Balaban J connectivity index is 2.06. The van der Waals surface area contributed by atoms with E-state index in [0.717, 1.165) is 28.2 Å². The standard InChI is InChI=1S/C21H24ClN3O/c1-14(2)11-20(26)24(4)13-18-21(16-6-8-17(22)9-7-16)23-19-10-5-15(3)12-25(18)19/h5-10,12,14H,11,13H2,1-4H3. The average Bonchev–Trinajstić information content (AvgIpc) is 2.93. The van der Waals surface area contributed by atoms with Crippen LogP contribution in [0.4, 0.5) is 0 Å². The van der Waals surface area contributed by atoms with Crippen LogP contribution in [-0.4, -0.2) is 27.2 Å². The van der Waals surface area contributed by atoms with Crippen LogP contribution < -0.4 is 0 Å². The lowest BCUT2D eigenvalue weighted by atomic mass is 10.1. The van der Waals surface area contributed by atoms with Gasteiger partial charge in [-0.3, -0.25) is 4.79 Å². The van der Waals surface area contributed by atoms with E-state index in [2.05, 4.69) is 31.4 Å². The summed E-state index contributed by atoms with van der Waals surface area (Å²) in [6, 6.07) is 11.7. The van der Waals surface area contributed by atoms with E-state index >= 15 is 0 Å². The minimum absolute atomic E-state index is 0.143. The molecule has 4 nitrogen and oxygen atoms in total. The number of pyridine rings is 1. The number of benzene rings is 1. The molecule has 5 heteroatoms. The van der Waals surface area contributed by atoms with Gasteiger partial charge in [0.25, 0.3) is 0 Å². The zero-order valence-electron chi connectivity index (χ0n) is 15.7. The molecule has 2 aromatic heterocycles. The maximum absolute atomic E-state index is 12.5. The molecule has 0 atom stereocenters. The van der Waals surface area contributed by atoms with Crippen LogP contribution in [0, 0.1) is 12.8 Å². The number of carbonyl (C=O) groups is 1. The molecule has 3 rings (SSSR count). The molecule has 1 aromatic carbocycles. The third-order valence-corrected chi connectivity index (χ3v) is 4.63. The normalized spacial score (nSPS) is 11.3. The van der Waals surface area contributed by atoms with E-state index in [4.69, 9.17) is 16.6 Å². The van der Waals surface area contributed by atoms with Crippen molar-refractivity contribution in [3.05, 3.63) is 58.9 Å². The maximum atomic E-state index is 12.5. The number of amides is 1. The van der Waals surface area contributed by atoms with Gasteiger partial charge in [0, 0.05) is 30.3 Å².